The summed E-state index contributed by atoms with van der Waals surface area (Å²) in [5.41, 5.74) is 1.55. The summed E-state index contributed by atoms with van der Waals surface area (Å²) in [4.78, 5) is 18.3. The van der Waals surface area contributed by atoms with Gasteiger partial charge >= 0.3 is 0 Å². The van der Waals surface area contributed by atoms with Crippen LogP contribution in [0.15, 0.2) is 24.3 Å². The second-order valence-electron chi connectivity index (χ2n) is 5.47. The second kappa shape index (κ2) is 9.56. The molecule has 1 aromatic heterocycles. The number of benzene rings is 1. The zero-order chi connectivity index (χ0) is 18.2. The first-order valence-electron chi connectivity index (χ1n) is 8.06. The van der Waals surface area contributed by atoms with Crippen molar-refractivity contribution in [1.82, 2.24) is 9.88 Å². The molecule has 0 radical (unpaired) electrons. The molecule has 0 saturated carbocycles. The highest BCUT2D eigenvalue weighted by Crippen LogP contribution is 2.25. The molecular weight excluding hydrogens is 344 g/mol. The smallest absolute Gasteiger partial charge is 0.248 e. The first kappa shape index (κ1) is 19.4. The number of amides is 1. The van der Waals surface area contributed by atoms with Crippen molar-refractivity contribution in [2.75, 3.05) is 40.6 Å². The van der Waals surface area contributed by atoms with Crippen LogP contribution in [0.2, 0.25) is 5.15 Å². The molecule has 0 saturated heterocycles. The van der Waals surface area contributed by atoms with Crippen molar-refractivity contribution in [3.8, 4) is 5.75 Å². The molecule has 7 heteroatoms. The van der Waals surface area contributed by atoms with E-state index in [4.69, 9.17) is 25.8 Å². The fourth-order valence-electron chi connectivity index (χ4n) is 2.46. The van der Waals surface area contributed by atoms with Crippen LogP contribution in [0.25, 0.3) is 10.9 Å². The van der Waals surface area contributed by atoms with Crippen molar-refractivity contribution in [2.24, 2.45) is 0 Å². The van der Waals surface area contributed by atoms with Crippen LogP contribution in [0.4, 0.5) is 0 Å². The van der Waals surface area contributed by atoms with Gasteiger partial charge < -0.3 is 19.1 Å². The average molecular weight is 367 g/mol. The summed E-state index contributed by atoms with van der Waals surface area (Å²) in [6.45, 7) is 3.76. The Morgan fingerprint density at radius 1 is 1.24 bits per heavy atom. The number of hydrogen-bond acceptors (Lipinski definition) is 5. The minimum Gasteiger partial charge on any atom is -0.494 e. The Hall–Kier alpha value is -1.89. The van der Waals surface area contributed by atoms with Crippen LogP contribution >= 0.6 is 11.6 Å². The Morgan fingerprint density at radius 2 is 2.04 bits per heavy atom. The minimum atomic E-state index is -0.126. The average Bonchev–Trinajstić information content (AvgIpc) is 2.59. The molecule has 1 aromatic carbocycles. The Labute approximate surface area is 152 Å². The molecule has 0 bridgehead atoms. The molecule has 2 aromatic rings. The van der Waals surface area contributed by atoms with E-state index in [0.29, 0.717) is 31.5 Å². The lowest BCUT2D eigenvalue weighted by Crippen LogP contribution is -2.36. The summed E-state index contributed by atoms with van der Waals surface area (Å²) in [5.74, 6) is 0.649. The van der Waals surface area contributed by atoms with Crippen LogP contribution < -0.4 is 4.74 Å². The van der Waals surface area contributed by atoms with Crippen LogP contribution in [0.1, 0.15) is 12.5 Å². The monoisotopic (exact) mass is 366 g/mol. The van der Waals surface area contributed by atoms with Gasteiger partial charge in [0.1, 0.15) is 17.5 Å². The third kappa shape index (κ3) is 5.29. The van der Waals surface area contributed by atoms with Crippen LogP contribution in [-0.4, -0.2) is 56.4 Å². The number of carbonyl (C=O) groups excluding carboxylic acids is 1. The lowest BCUT2D eigenvalue weighted by Gasteiger charge is -2.22. The number of nitrogens with zero attached hydrogens (tertiary/aromatic N) is 2. The maximum Gasteiger partial charge on any atom is 0.248 e. The number of rotatable bonds is 9. The molecule has 25 heavy (non-hydrogen) atoms. The van der Waals surface area contributed by atoms with E-state index in [-0.39, 0.29) is 12.5 Å². The zero-order valence-corrected chi connectivity index (χ0v) is 15.5. The summed E-state index contributed by atoms with van der Waals surface area (Å²) < 4.78 is 15.6. The standard InChI is InChI=1S/C18H23ClN2O4/c1-4-25-15-5-6-16-13(10-15)9-14(18(19)20-16)11-21(7-8-23-2)17(22)12-24-3/h5-6,9-10H,4,7-8,11-12H2,1-3H3. The molecule has 0 N–H and O–H groups in total. The van der Waals surface area contributed by atoms with Gasteiger partial charge in [0.05, 0.1) is 18.7 Å². The van der Waals surface area contributed by atoms with Crippen LogP contribution in [-0.2, 0) is 20.8 Å². The highest BCUT2D eigenvalue weighted by atomic mass is 35.5. The van der Waals surface area contributed by atoms with Crippen molar-refractivity contribution >= 4 is 28.4 Å². The fraction of sp³-hybridized carbons (Fsp3) is 0.444. The molecule has 6 nitrogen and oxygen atoms in total. The third-order valence-electron chi connectivity index (χ3n) is 3.67. The van der Waals surface area contributed by atoms with E-state index in [1.807, 2.05) is 31.2 Å². The third-order valence-corrected chi connectivity index (χ3v) is 4.00. The predicted octanol–water partition coefficient (Wildman–Crippen LogP) is 2.91. The summed E-state index contributed by atoms with van der Waals surface area (Å²) in [7, 11) is 3.09. The van der Waals surface area contributed by atoms with E-state index in [1.165, 1.54) is 7.11 Å². The van der Waals surface area contributed by atoms with Gasteiger partial charge in [-0.2, -0.15) is 0 Å². The Bertz CT molecular complexity index is 724. The van der Waals surface area contributed by atoms with E-state index in [2.05, 4.69) is 4.98 Å². The van der Waals surface area contributed by atoms with Gasteiger partial charge in [0.25, 0.3) is 0 Å². The number of halogens is 1. The largest absolute Gasteiger partial charge is 0.494 e. The predicted molar refractivity (Wildman–Crippen MR) is 97.1 cm³/mol. The Morgan fingerprint density at radius 3 is 2.72 bits per heavy atom. The lowest BCUT2D eigenvalue weighted by atomic mass is 10.1. The van der Waals surface area contributed by atoms with Gasteiger partial charge in [0, 0.05) is 38.3 Å². The van der Waals surface area contributed by atoms with Crippen molar-refractivity contribution in [2.45, 2.75) is 13.5 Å². The van der Waals surface area contributed by atoms with Crippen molar-refractivity contribution in [3.05, 3.63) is 35.0 Å². The normalized spacial score (nSPS) is 10.9. The number of methoxy groups -OCH3 is 2. The summed E-state index contributed by atoms with van der Waals surface area (Å²) in [6.07, 6.45) is 0. The van der Waals surface area contributed by atoms with Gasteiger partial charge in [0.2, 0.25) is 5.91 Å². The van der Waals surface area contributed by atoms with E-state index in [9.17, 15) is 4.79 Å². The van der Waals surface area contributed by atoms with Crippen molar-refractivity contribution < 1.29 is 19.0 Å². The molecular formula is C18H23ClN2O4. The maximum atomic E-state index is 12.2. The molecule has 1 heterocycles. The highest BCUT2D eigenvalue weighted by Gasteiger charge is 2.16. The quantitative estimate of drug-likeness (QED) is 0.638. The lowest BCUT2D eigenvalue weighted by molar-refractivity contribution is -0.136. The van der Waals surface area contributed by atoms with E-state index < -0.39 is 0 Å². The Balaban J connectivity index is 2.29. The minimum absolute atomic E-state index is 0.0107. The molecule has 1 amide bonds. The van der Waals surface area contributed by atoms with Crippen LogP contribution in [0.3, 0.4) is 0 Å². The Kier molecular flexibility index (Phi) is 7.43. The zero-order valence-electron chi connectivity index (χ0n) is 14.8. The number of carbonyl (C=O) groups is 1. The molecule has 136 valence electrons. The summed E-state index contributed by atoms with van der Waals surface area (Å²) in [6, 6.07) is 7.59. The van der Waals surface area contributed by atoms with Gasteiger partial charge in [-0.3, -0.25) is 4.79 Å². The number of aromatic nitrogens is 1. The van der Waals surface area contributed by atoms with Crippen LogP contribution in [0, 0.1) is 0 Å². The number of hydrogen-bond donors (Lipinski definition) is 0. The maximum absolute atomic E-state index is 12.2. The second-order valence-corrected chi connectivity index (χ2v) is 5.82. The van der Waals surface area contributed by atoms with Crippen molar-refractivity contribution in [1.29, 1.82) is 0 Å². The number of pyridine rings is 1. The van der Waals surface area contributed by atoms with Crippen molar-refractivity contribution in [3.63, 3.8) is 0 Å². The molecule has 0 aliphatic heterocycles. The van der Waals surface area contributed by atoms with E-state index >= 15 is 0 Å². The fourth-order valence-corrected chi connectivity index (χ4v) is 2.66. The van der Waals surface area contributed by atoms with E-state index in [1.54, 1.807) is 12.0 Å². The first-order valence-corrected chi connectivity index (χ1v) is 8.44. The summed E-state index contributed by atoms with van der Waals surface area (Å²) >= 11 is 6.32. The molecule has 0 spiro atoms. The highest BCUT2D eigenvalue weighted by molar-refractivity contribution is 6.30. The van der Waals surface area contributed by atoms with Gasteiger partial charge in [0.15, 0.2) is 0 Å². The molecule has 0 fully saturated rings. The van der Waals surface area contributed by atoms with Gasteiger partial charge in [-0.25, -0.2) is 4.98 Å². The topological polar surface area (TPSA) is 60.9 Å². The SMILES string of the molecule is CCOc1ccc2nc(Cl)c(CN(CCOC)C(=O)COC)cc2c1. The number of fused-ring (bicyclic) bond motifs is 1. The van der Waals surface area contributed by atoms with Gasteiger partial charge in [-0.1, -0.05) is 11.6 Å². The molecule has 0 aliphatic rings. The van der Waals surface area contributed by atoms with Gasteiger partial charge in [-0.15, -0.1) is 0 Å². The number of ether oxygens (including phenoxy) is 3. The van der Waals surface area contributed by atoms with Crippen LogP contribution in [0.5, 0.6) is 5.75 Å². The summed E-state index contributed by atoms with van der Waals surface area (Å²) in [5, 5.41) is 1.29. The molecule has 0 atom stereocenters. The molecule has 2 rings (SSSR count). The van der Waals surface area contributed by atoms with Gasteiger partial charge in [-0.05, 0) is 31.2 Å². The first-order chi connectivity index (χ1) is 12.1. The molecule has 0 unspecified atom stereocenters. The van der Waals surface area contributed by atoms with E-state index in [0.717, 1.165) is 22.2 Å². The molecule has 0 aliphatic carbocycles.